The number of hydrogen-bond acceptors (Lipinski definition) is 7. The molecule has 10 nitrogen and oxygen atoms in total. The molecule has 1 aliphatic heterocycles. The van der Waals surface area contributed by atoms with E-state index in [9.17, 15) is 31.5 Å². The average molecular weight is 510 g/mol. The number of carbonyl (C=O) groups is 2. The zero-order chi connectivity index (χ0) is 26.0. The third-order valence-corrected chi connectivity index (χ3v) is 6.26. The number of rotatable bonds is 6. The number of pyridine rings is 1. The first kappa shape index (κ1) is 23.8. The van der Waals surface area contributed by atoms with Gasteiger partial charge >= 0.3 is 12.1 Å². The van der Waals surface area contributed by atoms with Crippen molar-refractivity contribution in [3.8, 4) is 11.5 Å². The molecule has 1 aliphatic carbocycles. The van der Waals surface area contributed by atoms with Crippen LogP contribution >= 0.6 is 0 Å². The highest BCUT2D eigenvalue weighted by atomic mass is 19.4. The summed E-state index contributed by atoms with van der Waals surface area (Å²) in [4.78, 5) is 38.2. The second-order valence-corrected chi connectivity index (χ2v) is 8.88. The summed E-state index contributed by atoms with van der Waals surface area (Å²) in [5, 5.41) is 9.69. The van der Waals surface area contributed by atoms with Gasteiger partial charge in [-0.25, -0.2) is 19.6 Å². The Morgan fingerprint density at radius 3 is 2.67 bits per heavy atom. The van der Waals surface area contributed by atoms with E-state index in [-0.39, 0.29) is 45.8 Å². The minimum absolute atomic E-state index is 0.00760. The van der Waals surface area contributed by atoms with E-state index in [1.54, 1.807) is 0 Å². The standard InChI is InChI=1S/C21H19F5N8O2/c1-19(17(35)29-9-4-5-9)11-13(27)30-15(31-14(11)32-18(19)36)12-10-3-2-7-28-16(10)34(33-12)8-6-20(22,23)21(24,25)26/h2-3,7,9H,4-6,8H2,1H3,(H,29,35)(H3,27,30,31,32,36). The average Bonchev–Trinajstić information content (AvgIpc) is 3.47. The van der Waals surface area contributed by atoms with Gasteiger partial charge in [0.1, 0.15) is 17.3 Å². The van der Waals surface area contributed by atoms with Gasteiger partial charge in [-0.1, -0.05) is 0 Å². The van der Waals surface area contributed by atoms with Crippen molar-refractivity contribution in [2.75, 3.05) is 11.1 Å². The van der Waals surface area contributed by atoms with E-state index < -0.39 is 42.3 Å². The molecule has 1 atom stereocenters. The molecule has 2 aliphatic rings. The molecule has 0 aromatic carbocycles. The maximum absolute atomic E-state index is 13.5. The lowest BCUT2D eigenvalue weighted by Gasteiger charge is -2.21. The van der Waals surface area contributed by atoms with E-state index in [0.29, 0.717) is 0 Å². The normalized spacial score (nSPS) is 19.9. The van der Waals surface area contributed by atoms with Crippen LogP contribution in [0, 0.1) is 0 Å². The van der Waals surface area contributed by atoms with Crippen LogP contribution in [0.15, 0.2) is 18.3 Å². The lowest BCUT2D eigenvalue weighted by molar-refractivity contribution is -0.285. The molecule has 4 N–H and O–H groups in total. The van der Waals surface area contributed by atoms with Gasteiger partial charge in [0.05, 0.1) is 10.9 Å². The van der Waals surface area contributed by atoms with Crippen molar-refractivity contribution in [3.63, 3.8) is 0 Å². The van der Waals surface area contributed by atoms with E-state index in [2.05, 4.69) is 30.7 Å². The molecular weight excluding hydrogens is 491 g/mol. The number of amides is 2. The van der Waals surface area contributed by atoms with Crippen molar-refractivity contribution in [3.05, 3.63) is 23.9 Å². The van der Waals surface area contributed by atoms with Gasteiger partial charge in [-0.2, -0.15) is 27.1 Å². The smallest absolute Gasteiger partial charge is 0.383 e. The van der Waals surface area contributed by atoms with Crippen molar-refractivity contribution >= 4 is 34.5 Å². The molecule has 1 saturated carbocycles. The summed E-state index contributed by atoms with van der Waals surface area (Å²) < 4.78 is 65.8. The van der Waals surface area contributed by atoms with Crippen LogP contribution < -0.4 is 16.4 Å². The van der Waals surface area contributed by atoms with Gasteiger partial charge in [-0.3, -0.25) is 9.59 Å². The first-order valence-electron chi connectivity index (χ1n) is 10.9. The van der Waals surface area contributed by atoms with Crippen molar-refractivity contribution in [2.24, 2.45) is 0 Å². The lowest BCUT2D eigenvalue weighted by Crippen LogP contribution is -2.48. The molecule has 15 heteroatoms. The molecule has 36 heavy (non-hydrogen) atoms. The van der Waals surface area contributed by atoms with Crippen LogP contribution in [0.4, 0.5) is 33.6 Å². The minimum atomic E-state index is -5.71. The molecule has 0 bridgehead atoms. The molecule has 5 rings (SSSR count). The Morgan fingerprint density at radius 2 is 2.00 bits per heavy atom. The number of hydrogen-bond donors (Lipinski definition) is 3. The Labute approximate surface area is 199 Å². The molecule has 0 spiro atoms. The number of nitrogen functional groups attached to an aromatic ring is 1. The molecule has 3 aromatic heterocycles. The van der Waals surface area contributed by atoms with Crippen LogP contribution in [-0.2, 0) is 21.5 Å². The van der Waals surface area contributed by atoms with Gasteiger partial charge in [0.15, 0.2) is 16.9 Å². The summed E-state index contributed by atoms with van der Waals surface area (Å²) in [6, 6.07) is 3.02. The maximum atomic E-state index is 13.5. The van der Waals surface area contributed by atoms with Gasteiger partial charge in [-0.15, -0.1) is 0 Å². The Kier molecular flexibility index (Phi) is 5.16. The van der Waals surface area contributed by atoms with Crippen molar-refractivity contribution in [1.29, 1.82) is 0 Å². The molecule has 0 saturated heterocycles. The molecule has 2 amide bonds. The number of nitrogens with one attached hydrogen (secondary N) is 2. The maximum Gasteiger partial charge on any atom is 0.453 e. The highest BCUT2D eigenvalue weighted by Crippen LogP contribution is 2.42. The number of fused-ring (bicyclic) bond motifs is 2. The Balaban J connectivity index is 1.54. The predicted molar refractivity (Wildman–Crippen MR) is 116 cm³/mol. The largest absolute Gasteiger partial charge is 0.453 e. The van der Waals surface area contributed by atoms with Crippen LogP contribution in [0.2, 0.25) is 0 Å². The fourth-order valence-corrected chi connectivity index (χ4v) is 4.01. The van der Waals surface area contributed by atoms with Crippen LogP contribution in [0.1, 0.15) is 31.7 Å². The van der Waals surface area contributed by atoms with E-state index >= 15 is 0 Å². The lowest BCUT2D eigenvalue weighted by atomic mass is 9.83. The van der Waals surface area contributed by atoms with Gasteiger partial charge in [-0.05, 0) is 31.9 Å². The second kappa shape index (κ2) is 7.80. The number of carbonyl (C=O) groups excluding carboxylic acids is 2. The summed E-state index contributed by atoms with van der Waals surface area (Å²) in [6.45, 7) is 0.608. The second-order valence-electron chi connectivity index (χ2n) is 8.88. The zero-order valence-electron chi connectivity index (χ0n) is 18.7. The summed E-state index contributed by atoms with van der Waals surface area (Å²) in [7, 11) is 0. The fourth-order valence-electron chi connectivity index (χ4n) is 4.01. The van der Waals surface area contributed by atoms with Gasteiger partial charge in [0.2, 0.25) is 11.8 Å². The summed E-state index contributed by atoms with van der Waals surface area (Å²) in [5.74, 6) is -6.46. The van der Waals surface area contributed by atoms with Gasteiger partial charge in [0, 0.05) is 25.2 Å². The van der Waals surface area contributed by atoms with Crippen LogP contribution in [0.25, 0.3) is 22.6 Å². The summed E-state index contributed by atoms with van der Waals surface area (Å²) in [5.41, 5.74) is 4.60. The predicted octanol–water partition coefficient (Wildman–Crippen LogP) is 2.55. The molecule has 4 heterocycles. The van der Waals surface area contributed by atoms with E-state index in [0.717, 1.165) is 17.5 Å². The molecule has 1 unspecified atom stereocenters. The van der Waals surface area contributed by atoms with E-state index in [1.807, 2.05) is 0 Å². The Hall–Kier alpha value is -3.91. The quantitative estimate of drug-likeness (QED) is 0.342. The first-order valence-corrected chi connectivity index (χ1v) is 10.9. The molecule has 0 radical (unpaired) electrons. The third-order valence-electron chi connectivity index (χ3n) is 6.26. The number of alkyl halides is 5. The number of aromatic nitrogens is 5. The van der Waals surface area contributed by atoms with Gasteiger partial charge < -0.3 is 16.4 Å². The minimum Gasteiger partial charge on any atom is -0.383 e. The van der Waals surface area contributed by atoms with Crippen LogP contribution in [-0.4, -0.2) is 54.7 Å². The van der Waals surface area contributed by atoms with E-state index in [4.69, 9.17) is 5.73 Å². The fraction of sp³-hybridized carbons (Fsp3) is 0.429. The Bertz CT molecular complexity index is 1400. The van der Waals surface area contributed by atoms with Crippen LogP contribution in [0.5, 0.6) is 0 Å². The molecule has 3 aromatic rings. The monoisotopic (exact) mass is 510 g/mol. The number of nitrogens with two attached hydrogens (primary N) is 1. The third kappa shape index (κ3) is 3.69. The van der Waals surface area contributed by atoms with Crippen molar-refractivity contribution in [2.45, 2.75) is 56.3 Å². The summed E-state index contributed by atoms with van der Waals surface area (Å²) in [6.07, 6.45) is -4.32. The van der Waals surface area contributed by atoms with E-state index in [1.165, 1.54) is 25.3 Å². The number of aryl methyl sites for hydroxylation is 1. The first-order chi connectivity index (χ1) is 16.8. The number of anilines is 2. The van der Waals surface area contributed by atoms with Gasteiger partial charge in [0.25, 0.3) is 0 Å². The highest BCUT2D eigenvalue weighted by molar-refractivity contribution is 6.21. The SMILES string of the molecule is CC1(C(=O)NC2CC2)C(=O)Nc2nc(-c3nn(CCC(F)(F)C(F)(F)F)c4ncccc34)nc(N)c21. The highest BCUT2D eigenvalue weighted by Gasteiger charge is 2.57. The topological polar surface area (TPSA) is 141 Å². The van der Waals surface area contributed by atoms with Crippen molar-refractivity contribution < 1.29 is 31.5 Å². The summed E-state index contributed by atoms with van der Waals surface area (Å²) >= 11 is 0. The zero-order valence-corrected chi connectivity index (χ0v) is 18.7. The van der Waals surface area contributed by atoms with Crippen LogP contribution in [0.3, 0.4) is 0 Å². The number of nitrogens with zero attached hydrogens (tertiary/aromatic N) is 5. The molecule has 190 valence electrons. The molecule has 1 fully saturated rings. The van der Waals surface area contributed by atoms with Crippen molar-refractivity contribution in [1.82, 2.24) is 30.0 Å². The molecular formula is C21H19F5N8O2. The number of halogens is 5. The Morgan fingerprint density at radius 1 is 1.28 bits per heavy atom.